The maximum Gasteiger partial charge on any atom is 0.0579 e. The predicted octanol–water partition coefficient (Wildman–Crippen LogP) is 2.95. The molecule has 20 heavy (non-hydrogen) atoms. The van der Waals surface area contributed by atoms with Gasteiger partial charge in [0.25, 0.3) is 0 Å². The van der Waals surface area contributed by atoms with E-state index in [2.05, 4.69) is 23.1 Å². The van der Waals surface area contributed by atoms with Crippen LogP contribution in [-0.2, 0) is 6.42 Å². The van der Waals surface area contributed by atoms with Gasteiger partial charge < -0.3 is 5.32 Å². The Morgan fingerprint density at radius 3 is 2.40 bits per heavy atom. The van der Waals surface area contributed by atoms with Crippen molar-refractivity contribution >= 4 is 0 Å². The first-order valence-electron chi connectivity index (χ1n) is 8.43. The van der Waals surface area contributed by atoms with E-state index in [1.54, 1.807) is 0 Å². The maximum atomic E-state index is 4.80. The van der Waals surface area contributed by atoms with Crippen LogP contribution in [0.1, 0.15) is 49.4 Å². The van der Waals surface area contributed by atoms with Crippen LogP contribution in [0.25, 0.3) is 0 Å². The van der Waals surface area contributed by atoms with E-state index in [4.69, 9.17) is 5.10 Å². The van der Waals surface area contributed by atoms with E-state index in [9.17, 15) is 0 Å². The van der Waals surface area contributed by atoms with Crippen LogP contribution in [0.15, 0.2) is 6.20 Å². The van der Waals surface area contributed by atoms with E-state index in [1.165, 1.54) is 43.4 Å². The number of hydrogen-bond donors (Lipinski definition) is 1. The second kappa shape index (κ2) is 4.87. The largest absolute Gasteiger partial charge is 0.319 e. The SMILES string of the molecule is CNCCc1cnn(C2C3CC4CC(C3)CC2C4)c1C. The molecule has 0 aliphatic heterocycles. The average molecular weight is 273 g/mol. The molecule has 4 fully saturated rings. The minimum absolute atomic E-state index is 0.714. The smallest absolute Gasteiger partial charge is 0.0579 e. The Hall–Kier alpha value is -0.830. The molecule has 4 aliphatic rings. The van der Waals surface area contributed by atoms with Gasteiger partial charge >= 0.3 is 0 Å². The van der Waals surface area contributed by atoms with Gasteiger partial charge in [-0.05, 0) is 88.3 Å². The molecular weight excluding hydrogens is 246 g/mol. The first kappa shape index (κ1) is 12.9. The number of hydrogen-bond acceptors (Lipinski definition) is 2. The third-order valence-electron chi connectivity index (χ3n) is 6.25. The monoisotopic (exact) mass is 273 g/mol. The van der Waals surface area contributed by atoms with Gasteiger partial charge in [0, 0.05) is 5.69 Å². The Morgan fingerprint density at radius 1 is 1.15 bits per heavy atom. The van der Waals surface area contributed by atoms with Gasteiger partial charge in [0.2, 0.25) is 0 Å². The lowest BCUT2D eigenvalue weighted by Gasteiger charge is -2.54. The number of aromatic nitrogens is 2. The predicted molar refractivity (Wildman–Crippen MR) is 80.7 cm³/mol. The molecule has 5 rings (SSSR count). The Morgan fingerprint density at radius 2 is 1.80 bits per heavy atom. The number of likely N-dealkylation sites (N-methyl/N-ethyl adjacent to an activating group) is 1. The van der Waals surface area contributed by atoms with Gasteiger partial charge in [0.05, 0.1) is 12.2 Å². The van der Waals surface area contributed by atoms with Crippen molar-refractivity contribution in [2.45, 2.75) is 51.5 Å². The summed E-state index contributed by atoms with van der Waals surface area (Å²) in [6.45, 7) is 3.33. The Kier molecular flexibility index (Phi) is 3.13. The van der Waals surface area contributed by atoms with Crippen LogP contribution in [0.4, 0.5) is 0 Å². The van der Waals surface area contributed by atoms with Crippen molar-refractivity contribution in [2.75, 3.05) is 13.6 Å². The van der Waals surface area contributed by atoms with Crippen molar-refractivity contribution in [1.82, 2.24) is 15.1 Å². The van der Waals surface area contributed by atoms with E-state index >= 15 is 0 Å². The standard InChI is InChI=1S/C17H27N3/c1-11-14(3-4-18-2)10-19-20(11)17-15-6-12-5-13(8-15)9-16(17)7-12/h10,12-13,15-18H,3-9H2,1-2H3. The molecule has 0 unspecified atom stereocenters. The highest BCUT2D eigenvalue weighted by molar-refractivity contribution is 5.18. The molecule has 4 aliphatic carbocycles. The lowest BCUT2D eigenvalue weighted by Crippen LogP contribution is -2.46. The van der Waals surface area contributed by atoms with Gasteiger partial charge in [-0.15, -0.1) is 0 Å². The summed E-state index contributed by atoms with van der Waals surface area (Å²) in [5.74, 6) is 3.94. The van der Waals surface area contributed by atoms with Crippen LogP contribution in [0, 0.1) is 30.6 Å². The van der Waals surface area contributed by atoms with E-state index in [-0.39, 0.29) is 0 Å². The highest BCUT2D eigenvalue weighted by Crippen LogP contribution is 2.58. The van der Waals surface area contributed by atoms with Crippen molar-refractivity contribution in [1.29, 1.82) is 0 Å². The van der Waals surface area contributed by atoms with Crippen molar-refractivity contribution in [3.05, 3.63) is 17.5 Å². The van der Waals surface area contributed by atoms with E-state index in [0.717, 1.165) is 36.6 Å². The second-order valence-electron chi connectivity index (χ2n) is 7.47. The molecule has 0 amide bonds. The van der Waals surface area contributed by atoms with Gasteiger partial charge in [-0.25, -0.2) is 0 Å². The van der Waals surface area contributed by atoms with Crippen LogP contribution >= 0.6 is 0 Å². The molecule has 1 N–H and O–H groups in total. The van der Waals surface area contributed by atoms with E-state index < -0.39 is 0 Å². The highest BCUT2D eigenvalue weighted by Gasteiger charge is 2.49. The fourth-order valence-electron chi connectivity index (χ4n) is 5.56. The summed E-state index contributed by atoms with van der Waals surface area (Å²) in [6, 6.07) is 0.714. The Bertz CT molecular complexity index is 462. The van der Waals surface area contributed by atoms with Crippen LogP contribution < -0.4 is 5.32 Å². The fraction of sp³-hybridized carbons (Fsp3) is 0.824. The first-order chi connectivity index (χ1) is 9.76. The van der Waals surface area contributed by atoms with Gasteiger partial charge in [0.15, 0.2) is 0 Å². The van der Waals surface area contributed by atoms with Crippen molar-refractivity contribution < 1.29 is 0 Å². The Labute approximate surface area is 122 Å². The maximum absolute atomic E-state index is 4.80. The normalized spacial score (nSPS) is 38.6. The van der Waals surface area contributed by atoms with Crippen LogP contribution in [0.3, 0.4) is 0 Å². The molecule has 0 saturated heterocycles. The molecule has 0 radical (unpaired) electrons. The van der Waals surface area contributed by atoms with Crippen LogP contribution in [-0.4, -0.2) is 23.4 Å². The molecule has 4 bridgehead atoms. The number of nitrogens with one attached hydrogen (secondary N) is 1. The van der Waals surface area contributed by atoms with Gasteiger partial charge in [-0.2, -0.15) is 5.10 Å². The van der Waals surface area contributed by atoms with Crippen molar-refractivity contribution in [3.8, 4) is 0 Å². The summed E-state index contributed by atoms with van der Waals surface area (Å²) < 4.78 is 2.41. The zero-order valence-corrected chi connectivity index (χ0v) is 12.8. The summed E-state index contributed by atoms with van der Waals surface area (Å²) in [5, 5.41) is 8.05. The third-order valence-corrected chi connectivity index (χ3v) is 6.25. The lowest BCUT2D eigenvalue weighted by atomic mass is 9.54. The van der Waals surface area contributed by atoms with Crippen LogP contribution in [0.5, 0.6) is 0 Å². The molecule has 1 aromatic rings. The van der Waals surface area contributed by atoms with E-state index in [0.29, 0.717) is 6.04 Å². The second-order valence-corrected chi connectivity index (χ2v) is 7.47. The minimum atomic E-state index is 0.714. The summed E-state index contributed by atoms with van der Waals surface area (Å²) in [4.78, 5) is 0. The lowest BCUT2D eigenvalue weighted by molar-refractivity contribution is -0.0344. The topological polar surface area (TPSA) is 29.9 Å². The molecule has 0 spiro atoms. The number of nitrogens with zero attached hydrogens (tertiary/aromatic N) is 2. The molecule has 0 atom stereocenters. The average Bonchev–Trinajstić information content (AvgIpc) is 2.77. The van der Waals surface area contributed by atoms with Crippen molar-refractivity contribution in [2.24, 2.45) is 23.7 Å². The molecule has 4 saturated carbocycles. The van der Waals surface area contributed by atoms with Crippen LogP contribution in [0.2, 0.25) is 0 Å². The van der Waals surface area contributed by atoms with E-state index in [1.807, 2.05) is 7.05 Å². The molecule has 1 aromatic heterocycles. The Balaban J connectivity index is 1.60. The zero-order chi connectivity index (χ0) is 13.7. The summed E-state index contributed by atoms with van der Waals surface area (Å²) >= 11 is 0. The van der Waals surface area contributed by atoms with Gasteiger partial charge in [-0.1, -0.05) is 0 Å². The van der Waals surface area contributed by atoms with Gasteiger partial charge in [-0.3, -0.25) is 4.68 Å². The molecule has 0 aromatic carbocycles. The molecular formula is C17H27N3. The molecule has 1 heterocycles. The highest BCUT2D eigenvalue weighted by atomic mass is 15.3. The quantitative estimate of drug-likeness (QED) is 0.914. The molecule has 3 nitrogen and oxygen atoms in total. The summed E-state index contributed by atoms with van der Waals surface area (Å²) in [5.41, 5.74) is 2.87. The van der Waals surface area contributed by atoms with Gasteiger partial charge in [0.1, 0.15) is 0 Å². The minimum Gasteiger partial charge on any atom is -0.319 e. The summed E-state index contributed by atoms with van der Waals surface area (Å²) in [7, 11) is 2.03. The fourth-order valence-corrected chi connectivity index (χ4v) is 5.56. The zero-order valence-electron chi connectivity index (χ0n) is 12.8. The first-order valence-corrected chi connectivity index (χ1v) is 8.43. The molecule has 3 heteroatoms. The molecule has 110 valence electrons. The third kappa shape index (κ3) is 1.93. The summed E-state index contributed by atoms with van der Waals surface area (Å²) in [6.07, 6.45) is 10.7. The number of rotatable bonds is 4. The van der Waals surface area contributed by atoms with Crippen molar-refractivity contribution in [3.63, 3.8) is 0 Å².